The Balaban J connectivity index is 3.50. The van der Waals surface area contributed by atoms with Gasteiger partial charge in [0.25, 0.3) is 11.2 Å². The molecule has 0 aliphatic heterocycles. The molecule has 0 atom stereocenters. The Hall–Kier alpha value is -2.18. The molecule has 1 aromatic rings. The molecule has 0 aliphatic rings. The third kappa shape index (κ3) is 1.85. The number of nitro groups is 1. The maximum atomic E-state index is 11.2. The fraction of sp³-hybridized carbons (Fsp3) is 0.250. The first kappa shape index (κ1) is 10.9. The van der Waals surface area contributed by atoms with Gasteiger partial charge in [-0.2, -0.15) is 0 Å². The van der Waals surface area contributed by atoms with Crippen LogP contribution in [0.15, 0.2) is 11.0 Å². The van der Waals surface area contributed by atoms with Gasteiger partial charge in [0.2, 0.25) is 0 Å². The number of aromatic nitrogens is 1. The van der Waals surface area contributed by atoms with Gasteiger partial charge in [-0.25, -0.2) is 4.79 Å². The second-order valence-electron chi connectivity index (χ2n) is 2.75. The lowest BCUT2D eigenvalue weighted by atomic mass is 10.1. The highest BCUT2D eigenvalue weighted by Gasteiger charge is 2.22. The van der Waals surface area contributed by atoms with Crippen molar-refractivity contribution in [2.75, 3.05) is 7.11 Å². The number of methoxy groups -OCH3 is 1. The number of hydrogen-bond donors (Lipinski definition) is 1. The molecule has 0 fully saturated rings. The van der Waals surface area contributed by atoms with Crippen LogP contribution in [0.5, 0.6) is 0 Å². The number of ether oxygens (including phenoxy) is 1. The Morgan fingerprint density at radius 1 is 1.60 bits per heavy atom. The number of aromatic amines is 1. The van der Waals surface area contributed by atoms with Crippen LogP contribution in [0.4, 0.5) is 5.69 Å². The molecular weight excluding hydrogens is 204 g/mol. The molecular formula is C8H8N2O5. The Morgan fingerprint density at radius 3 is 2.67 bits per heavy atom. The van der Waals surface area contributed by atoms with Crippen LogP contribution in [0.1, 0.15) is 15.9 Å². The Bertz CT molecular complexity index is 476. The lowest BCUT2D eigenvalue weighted by molar-refractivity contribution is -0.385. The minimum Gasteiger partial charge on any atom is -0.465 e. The van der Waals surface area contributed by atoms with Crippen molar-refractivity contribution in [3.63, 3.8) is 0 Å². The molecule has 0 unspecified atom stereocenters. The van der Waals surface area contributed by atoms with E-state index in [1.54, 1.807) is 0 Å². The predicted octanol–water partition coefficient (Wildman–Crippen LogP) is 0.378. The van der Waals surface area contributed by atoms with E-state index in [4.69, 9.17) is 0 Å². The van der Waals surface area contributed by atoms with Crippen molar-refractivity contribution < 1.29 is 14.5 Å². The summed E-state index contributed by atoms with van der Waals surface area (Å²) in [6.45, 7) is 1.32. The van der Waals surface area contributed by atoms with Gasteiger partial charge in [-0.15, -0.1) is 0 Å². The number of pyridine rings is 1. The summed E-state index contributed by atoms with van der Waals surface area (Å²) in [7, 11) is 1.10. The van der Waals surface area contributed by atoms with Crippen molar-refractivity contribution in [2.45, 2.75) is 6.92 Å². The molecule has 7 heteroatoms. The molecule has 0 aliphatic carbocycles. The van der Waals surface area contributed by atoms with Gasteiger partial charge < -0.3 is 9.72 Å². The smallest absolute Gasteiger partial charge is 0.344 e. The maximum absolute atomic E-state index is 11.2. The summed E-state index contributed by atoms with van der Waals surface area (Å²) < 4.78 is 4.35. The summed E-state index contributed by atoms with van der Waals surface area (Å²) in [4.78, 5) is 34.4. The van der Waals surface area contributed by atoms with Crippen LogP contribution in [0.3, 0.4) is 0 Å². The van der Waals surface area contributed by atoms with E-state index in [9.17, 15) is 19.7 Å². The number of carbonyl (C=O) groups excluding carboxylic acids is 1. The van der Waals surface area contributed by atoms with Crippen LogP contribution in [-0.2, 0) is 4.74 Å². The molecule has 0 saturated heterocycles. The van der Waals surface area contributed by atoms with Gasteiger partial charge in [0.15, 0.2) is 0 Å². The van der Waals surface area contributed by atoms with Crippen LogP contribution in [0, 0.1) is 17.0 Å². The summed E-state index contributed by atoms with van der Waals surface area (Å²) in [5, 5.41) is 10.5. The van der Waals surface area contributed by atoms with Crippen molar-refractivity contribution in [2.24, 2.45) is 0 Å². The largest absolute Gasteiger partial charge is 0.465 e. The third-order valence-electron chi connectivity index (χ3n) is 1.91. The standard InChI is InChI=1S/C8H8N2O5/c1-4-5(10(13)14)3-9-7(11)6(4)8(12)15-2/h3H,1-2H3,(H,9,11). The normalized spacial score (nSPS) is 9.73. The van der Waals surface area contributed by atoms with Crippen molar-refractivity contribution in [3.8, 4) is 0 Å². The molecule has 1 N–H and O–H groups in total. The fourth-order valence-electron chi connectivity index (χ4n) is 1.15. The van der Waals surface area contributed by atoms with Crippen LogP contribution < -0.4 is 5.56 Å². The van der Waals surface area contributed by atoms with Crippen molar-refractivity contribution in [1.29, 1.82) is 0 Å². The number of esters is 1. The van der Waals surface area contributed by atoms with Gasteiger partial charge in [-0.3, -0.25) is 14.9 Å². The van der Waals surface area contributed by atoms with E-state index < -0.39 is 16.5 Å². The number of nitrogens with one attached hydrogen (secondary N) is 1. The molecule has 80 valence electrons. The summed E-state index contributed by atoms with van der Waals surface area (Å²) in [6.07, 6.45) is 0.949. The van der Waals surface area contributed by atoms with E-state index in [2.05, 4.69) is 9.72 Å². The number of carbonyl (C=O) groups is 1. The second-order valence-corrected chi connectivity index (χ2v) is 2.75. The van der Waals surface area contributed by atoms with Crippen LogP contribution >= 0.6 is 0 Å². The van der Waals surface area contributed by atoms with E-state index in [-0.39, 0.29) is 16.8 Å². The van der Waals surface area contributed by atoms with E-state index in [1.165, 1.54) is 6.92 Å². The molecule has 7 nitrogen and oxygen atoms in total. The van der Waals surface area contributed by atoms with E-state index in [1.807, 2.05) is 0 Å². The van der Waals surface area contributed by atoms with Gasteiger partial charge in [0, 0.05) is 5.56 Å². The quantitative estimate of drug-likeness (QED) is 0.433. The van der Waals surface area contributed by atoms with Crippen molar-refractivity contribution in [3.05, 3.63) is 37.8 Å². The SMILES string of the molecule is COC(=O)c1c(C)c([N+](=O)[O-])c[nH]c1=O. The van der Waals surface area contributed by atoms with Crippen LogP contribution in [-0.4, -0.2) is 23.0 Å². The van der Waals surface area contributed by atoms with Crippen LogP contribution in [0.2, 0.25) is 0 Å². The lowest BCUT2D eigenvalue weighted by Gasteiger charge is -2.02. The number of nitrogens with zero attached hydrogens (tertiary/aromatic N) is 1. The van der Waals surface area contributed by atoms with E-state index in [0.717, 1.165) is 13.3 Å². The zero-order chi connectivity index (χ0) is 11.6. The maximum Gasteiger partial charge on any atom is 0.344 e. The number of hydrogen-bond acceptors (Lipinski definition) is 5. The van der Waals surface area contributed by atoms with Crippen molar-refractivity contribution >= 4 is 11.7 Å². The van der Waals surface area contributed by atoms with Crippen LogP contribution in [0.25, 0.3) is 0 Å². The Morgan fingerprint density at radius 2 is 2.20 bits per heavy atom. The monoisotopic (exact) mass is 212 g/mol. The highest BCUT2D eigenvalue weighted by molar-refractivity contribution is 5.91. The molecule has 1 heterocycles. The van der Waals surface area contributed by atoms with Crippen molar-refractivity contribution in [1.82, 2.24) is 4.98 Å². The average Bonchev–Trinajstić information content (AvgIpc) is 2.16. The molecule has 0 aromatic carbocycles. The third-order valence-corrected chi connectivity index (χ3v) is 1.91. The van der Waals surface area contributed by atoms with Gasteiger partial charge in [0.05, 0.1) is 18.2 Å². The first-order valence-corrected chi connectivity index (χ1v) is 3.94. The van der Waals surface area contributed by atoms with Gasteiger partial charge in [-0.1, -0.05) is 0 Å². The first-order chi connectivity index (χ1) is 6.99. The molecule has 0 spiro atoms. The van der Waals surface area contributed by atoms with Gasteiger partial charge in [-0.05, 0) is 6.92 Å². The highest BCUT2D eigenvalue weighted by Crippen LogP contribution is 2.17. The fourth-order valence-corrected chi connectivity index (χ4v) is 1.15. The van der Waals surface area contributed by atoms with Gasteiger partial charge >= 0.3 is 5.97 Å². The molecule has 0 amide bonds. The zero-order valence-electron chi connectivity index (χ0n) is 8.07. The van der Waals surface area contributed by atoms with E-state index >= 15 is 0 Å². The second kappa shape index (κ2) is 3.91. The molecule has 15 heavy (non-hydrogen) atoms. The predicted molar refractivity (Wildman–Crippen MR) is 49.8 cm³/mol. The number of H-pyrrole nitrogens is 1. The minimum absolute atomic E-state index is 0.00407. The molecule has 0 saturated carbocycles. The Labute approximate surface area is 83.8 Å². The lowest BCUT2D eigenvalue weighted by Crippen LogP contribution is -2.21. The average molecular weight is 212 g/mol. The summed E-state index contributed by atoms with van der Waals surface area (Å²) >= 11 is 0. The topological polar surface area (TPSA) is 102 Å². The molecule has 1 rings (SSSR count). The zero-order valence-corrected chi connectivity index (χ0v) is 8.07. The molecule has 0 radical (unpaired) electrons. The molecule has 1 aromatic heterocycles. The summed E-state index contributed by atoms with van der Waals surface area (Å²) in [5.74, 6) is -0.891. The molecule has 0 bridgehead atoms. The van der Waals surface area contributed by atoms with Gasteiger partial charge in [0.1, 0.15) is 5.56 Å². The highest BCUT2D eigenvalue weighted by atomic mass is 16.6. The first-order valence-electron chi connectivity index (χ1n) is 3.94. The Kier molecular flexibility index (Phi) is 2.84. The number of rotatable bonds is 2. The summed E-state index contributed by atoms with van der Waals surface area (Å²) in [6, 6.07) is 0. The summed E-state index contributed by atoms with van der Waals surface area (Å²) in [5.41, 5.74) is -1.37. The minimum atomic E-state index is -0.891. The van der Waals surface area contributed by atoms with E-state index in [0.29, 0.717) is 0 Å².